The van der Waals surface area contributed by atoms with Gasteiger partial charge in [-0.05, 0) is 43.5 Å². The van der Waals surface area contributed by atoms with Gasteiger partial charge in [-0.3, -0.25) is 4.79 Å². The number of nitrogens with one attached hydrogen (secondary N) is 1. The summed E-state index contributed by atoms with van der Waals surface area (Å²) in [5, 5.41) is 3.38. The fourth-order valence-corrected chi connectivity index (χ4v) is 3.27. The number of hydrogen-bond acceptors (Lipinski definition) is 3. The van der Waals surface area contributed by atoms with Crippen LogP contribution in [0.2, 0.25) is 0 Å². The topological polar surface area (TPSA) is 58.4 Å². The maximum Gasteiger partial charge on any atom is 0.240 e. The van der Waals surface area contributed by atoms with E-state index in [-0.39, 0.29) is 11.9 Å². The van der Waals surface area contributed by atoms with Gasteiger partial charge in [-0.1, -0.05) is 18.2 Å². The van der Waals surface area contributed by atoms with Gasteiger partial charge in [0.15, 0.2) is 0 Å². The summed E-state index contributed by atoms with van der Waals surface area (Å²) in [5.41, 5.74) is 8.03. The Kier molecular flexibility index (Phi) is 3.42. The van der Waals surface area contributed by atoms with Crippen LogP contribution in [0.25, 0.3) is 0 Å². The summed E-state index contributed by atoms with van der Waals surface area (Å²) >= 11 is 0. The van der Waals surface area contributed by atoms with Gasteiger partial charge in [0.25, 0.3) is 0 Å². The molecule has 4 nitrogen and oxygen atoms in total. The van der Waals surface area contributed by atoms with E-state index in [9.17, 15) is 4.79 Å². The first-order valence-electron chi connectivity index (χ1n) is 7.10. The Bertz CT molecular complexity index is 468. The van der Waals surface area contributed by atoms with Gasteiger partial charge >= 0.3 is 0 Å². The maximum atomic E-state index is 11.7. The van der Waals surface area contributed by atoms with Crippen LogP contribution in [0.5, 0.6) is 0 Å². The van der Waals surface area contributed by atoms with Gasteiger partial charge in [0, 0.05) is 18.7 Å². The SMILES string of the molecule is NC(=O)[C@@H]1Cc2ccccc2N1CC1CCNCC1. The minimum atomic E-state index is -0.204. The number of carbonyl (C=O) groups is 1. The maximum absolute atomic E-state index is 11.7. The highest BCUT2D eigenvalue weighted by molar-refractivity contribution is 5.86. The first-order chi connectivity index (χ1) is 9.25. The predicted molar refractivity (Wildman–Crippen MR) is 76.1 cm³/mol. The van der Waals surface area contributed by atoms with Crippen LogP contribution >= 0.6 is 0 Å². The third-order valence-corrected chi connectivity index (χ3v) is 4.33. The number of anilines is 1. The number of rotatable bonds is 3. The van der Waals surface area contributed by atoms with Gasteiger partial charge in [-0.15, -0.1) is 0 Å². The lowest BCUT2D eigenvalue weighted by molar-refractivity contribution is -0.119. The number of fused-ring (bicyclic) bond motifs is 1. The summed E-state index contributed by atoms with van der Waals surface area (Å²) in [6.45, 7) is 3.12. The van der Waals surface area contributed by atoms with Crippen LogP contribution in [0.4, 0.5) is 5.69 Å². The number of nitrogens with two attached hydrogens (primary N) is 1. The summed E-state index contributed by atoms with van der Waals surface area (Å²) in [6.07, 6.45) is 3.13. The number of para-hydroxylation sites is 1. The van der Waals surface area contributed by atoms with E-state index in [2.05, 4.69) is 22.3 Å². The van der Waals surface area contributed by atoms with E-state index >= 15 is 0 Å². The molecule has 0 radical (unpaired) electrons. The molecule has 3 N–H and O–H groups in total. The molecule has 0 unspecified atom stereocenters. The molecule has 1 amide bonds. The first-order valence-corrected chi connectivity index (χ1v) is 7.10. The first kappa shape index (κ1) is 12.5. The molecule has 0 spiro atoms. The Morgan fingerprint density at radius 1 is 1.32 bits per heavy atom. The normalized spacial score (nSPS) is 23.4. The largest absolute Gasteiger partial charge is 0.368 e. The average molecular weight is 259 g/mol. The third kappa shape index (κ3) is 2.45. The lowest BCUT2D eigenvalue weighted by Gasteiger charge is -2.32. The van der Waals surface area contributed by atoms with Crippen molar-refractivity contribution in [3.63, 3.8) is 0 Å². The molecule has 0 bridgehead atoms. The zero-order chi connectivity index (χ0) is 13.2. The molecule has 102 valence electrons. The molecule has 3 rings (SSSR count). The van der Waals surface area contributed by atoms with Crippen LogP contribution in [-0.2, 0) is 11.2 Å². The highest BCUT2D eigenvalue weighted by Gasteiger charge is 2.34. The standard InChI is InChI=1S/C15H21N3O/c16-15(19)14-9-12-3-1-2-4-13(12)18(14)10-11-5-7-17-8-6-11/h1-4,11,14,17H,5-10H2,(H2,16,19)/t14-/m0/s1. The quantitative estimate of drug-likeness (QED) is 0.848. The summed E-state index contributed by atoms with van der Waals surface area (Å²) in [6, 6.07) is 8.13. The van der Waals surface area contributed by atoms with Crippen molar-refractivity contribution in [3.8, 4) is 0 Å². The highest BCUT2D eigenvalue weighted by Crippen LogP contribution is 2.33. The fourth-order valence-electron chi connectivity index (χ4n) is 3.27. The molecular weight excluding hydrogens is 238 g/mol. The Hall–Kier alpha value is -1.55. The zero-order valence-corrected chi connectivity index (χ0v) is 11.1. The zero-order valence-electron chi connectivity index (χ0n) is 11.1. The monoisotopic (exact) mass is 259 g/mol. The Morgan fingerprint density at radius 2 is 2.05 bits per heavy atom. The molecule has 1 fully saturated rings. The second-order valence-corrected chi connectivity index (χ2v) is 5.60. The van der Waals surface area contributed by atoms with E-state index in [1.54, 1.807) is 0 Å². The van der Waals surface area contributed by atoms with Gasteiger partial charge in [0.2, 0.25) is 5.91 Å². The number of primary amides is 1. The van der Waals surface area contributed by atoms with Crippen molar-refractivity contribution in [1.29, 1.82) is 0 Å². The lowest BCUT2D eigenvalue weighted by Crippen LogP contribution is -2.46. The molecule has 0 aromatic heterocycles. The number of hydrogen-bond donors (Lipinski definition) is 2. The van der Waals surface area contributed by atoms with Crippen LogP contribution in [0.3, 0.4) is 0 Å². The second kappa shape index (κ2) is 5.21. The molecule has 2 heterocycles. The summed E-state index contributed by atoms with van der Waals surface area (Å²) in [4.78, 5) is 13.9. The molecule has 2 aliphatic heterocycles. The van der Waals surface area contributed by atoms with E-state index < -0.39 is 0 Å². The fraction of sp³-hybridized carbons (Fsp3) is 0.533. The van der Waals surface area contributed by atoms with Gasteiger partial charge in [-0.25, -0.2) is 0 Å². The number of nitrogens with zero attached hydrogens (tertiary/aromatic N) is 1. The smallest absolute Gasteiger partial charge is 0.240 e. The molecule has 1 atom stereocenters. The van der Waals surface area contributed by atoms with E-state index in [0.29, 0.717) is 5.92 Å². The third-order valence-electron chi connectivity index (χ3n) is 4.33. The molecule has 0 saturated carbocycles. The molecule has 0 aliphatic carbocycles. The average Bonchev–Trinajstić information content (AvgIpc) is 2.79. The molecule has 1 aromatic carbocycles. The summed E-state index contributed by atoms with van der Waals surface area (Å²) in [7, 11) is 0. The number of benzene rings is 1. The lowest BCUT2D eigenvalue weighted by atomic mass is 9.97. The van der Waals surface area contributed by atoms with E-state index in [1.165, 1.54) is 24.1 Å². The Balaban J connectivity index is 1.81. The number of carbonyl (C=O) groups excluding carboxylic acids is 1. The Morgan fingerprint density at radius 3 is 2.79 bits per heavy atom. The van der Waals surface area contributed by atoms with Crippen LogP contribution < -0.4 is 16.0 Å². The van der Waals surface area contributed by atoms with E-state index in [4.69, 9.17) is 5.73 Å². The molecule has 2 aliphatic rings. The van der Waals surface area contributed by atoms with Crippen molar-refractivity contribution >= 4 is 11.6 Å². The van der Waals surface area contributed by atoms with Crippen molar-refractivity contribution in [2.24, 2.45) is 11.7 Å². The second-order valence-electron chi connectivity index (χ2n) is 5.60. The number of amides is 1. The van der Waals surface area contributed by atoms with Crippen molar-refractivity contribution in [3.05, 3.63) is 29.8 Å². The van der Waals surface area contributed by atoms with Gasteiger partial charge < -0.3 is 16.0 Å². The van der Waals surface area contributed by atoms with Gasteiger partial charge in [0.05, 0.1) is 0 Å². The molecule has 4 heteroatoms. The molecular formula is C15H21N3O. The van der Waals surface area contributed by atoms with Crippen LogP contribution in [0.1, 0.15) is 18.4 Å². The molecule has 19 heavy (non-hydrogen) atoms. The summed E-state index contributed by atoms with van der Waals surface area (Å²) < 4.78 is 0. The van der Waals surface area contributed by atoms with Crippen LogP contribution in [0, 0.1) is 5.92 Å². The van der Waals surface area contributed by atoms with Crippen molar-refractivity contribution in [1.82, 2.24) is 5.32 Å². The molecule has 1 saturated heterocycles. The minimum absolute atomic E-state index is 0.160. The summed E-state index contributed by atoms with van der Waals surface area (Å²) in [5.74, 6) is 0.458. The number of piperidine rings is 1. The van der Waals surface area contributed by atoms with Gasteiger partial charge in [0.1, 0.15) is 6.04 Å². The highest BCUT2D eigenvalue weighted by atomic mass is 16.1. The van der Waals surface area contributed by atoms with Crippen molar-refractivity contribution in [2.75, 3.05) is 24.5 Å². The van der Waals surface area contributed by atoms with E-state index in [1.807, 2.05) is 12.1 Å². The molecule has 1 aromatic rings. The van der Waals surface area contributed by atoms with E-state index in [0.717, 1.165) is 26.1 Å². The van der Waals surface area contributed by atoms with Crippen LogP contribution in [0.15, 0.2) is 24.3 Å². The van der Waals surface area contributed by atoms with Crippen molar-refractivity contribution < 1.29 is 4.79 Å². The Labute approximate surface area is 114 Å². The predicted octanol–water partition coefficient (Wildman–Crippen LogP) is 0.903. The minimum Gasteiger partial charge on any atom is -0.368 e. The van der Waals surface area contributed by atoms with Crippen LogP contribution in [-0.4, -0.2) is 31.6 Å². The van der Waals surface area contributed by atoms with Crippen molar-refractivity contribution in [2.45, 2.75) is 25.3 Å². The van der Waals surface area contributed by atoms with Gasteiger partial charge in [-0.2, -0.15) is 0 Å².